The van der Waals surface area contributed by atoms with Gasteiger partial charge in [0, 0.05) is 6.54 Å². The number of alkyl halides is 3. The number of benzene rings is 1. The van der Waals surface area contributed by atoms with Crippen LogP contribution in [0.5, 0.6) is 0 Å². The lowest BCUT2D eigenvalue weighted by molar-refractivity contribution is -0.163. The van der Waals surface area contributed by atoms with Crippen molar-refractivity contribution in [2.45, 2.75) is 39.0 Å². The van der Waals surface area contributed by atoms with Crippen molar-refractivity contribution in [1.29, 1.82) is 0 Å². The van der Waals surface area contributed by atoms with Gasteiger partial charge in [0.2, 0.25) is 5.91 Å². The Labute approximate surface area is 122 Å². The Bertz CT molecular complexity index is 448. The summed E-state index contributed by atoms with van der Waals surface area (Å²) in [7, 11) is 0. The van der Waals surface area contributed by atoms with E-state index in [9.17, 15) is 18.0 Å². The van der Waals surface area contributed by atoms with Gasteiger partial charge in [-0.1, -0.05) is 50.6 Å². The van der Waals surface area contributed by atoms with Gasteiger partial charge in [-0.3, -0.25) is 4.79 Å². The van der Waals surface area contributed by atoms with Gasteiger partial charge < -0.3 is 10.6 Å². The molecule has 0 bridgehead atoms. The fraction of sp³-hybridized carbons (Fsp3) is 0.533. The maximum absolute atomic E-state index is 12.7. The normalized spacial score (nSPS) is 14.6. The van der Waals surface area contributed by atoms with E-state index < -0.39 is 24.7 Å². The van der Waals surface area contributed by atoms with Gasteiger partial charge in [-0.05, 0) is 11.5 Å². The van der Waals surface area contributed by atoms with Gasteiger partial charge in [-0.15, -0.1) is 0 Å². The Kier molecular flexibility index (Phi) is 6.20. The number of carbonyl (C=O) groups excluding carboxylic acids is 1. The molecule has 1 aromatic carbocycles. The van der Waals surface area contributed by atoms with Crippen molar-refractivity contribution in [2.75, 3.05) is 6.54 Å². The largest absolute Gasteiger partial charge is 0.406 e. The van der Waals surface area contributed by atoms with Crippen LogP contribution in [0.3, 0.4) is 0 Å². The van der Waals surface area contributed by atoms with Crippen LogP contribution in [0.15, 0.2) is 30.3 Å². The van der Waals surface area contributed by atoms with E-state index in [0.29, 0.717) is 12.0 Å². The highest BCUT2D eigenvalue weighted by Crippen LogP contribution is 2.20. The smallest absolute Gasteiger partial charge is 0.328 e. The molecule has 6 heteroatoms. The highest BCUT2D eigenvalue weighted by molar-refractivity contribution is 5.82. The Balaban J connectivity index is 2.89. The van der Waals surface area contributed by atoms with Crippen molar-refractivity contribution in [1.82, 2.24) is 4.90 Å². The van der Waals surface area contributed by atoms with E-state index in [1.54, 1.807) is 37.3 Å². The van der Waals surface area contributed by atoms with Gasteiger partial charge in [0.1, 0.15) is 6.54 Å². The number of rotatable bonds is 6. The van der Waals surface area contributed by atoms with E-state index in [0.717, 1.165) is 4.90 Å². The second-order valence-corrected chi connectivity index (χ2v) is 5.21. The second kappa shape index (κ2) is 7.45. The lowest BCUT2D eigenvalue weighted by Gasteiger charge is -2.29. The van der Waals surface area contributed by atoms with Crippen LogP contribution in [-0.2, 0) is 11.3 Å². The number of nitrogens with two attached hydrogens (primary N) is 1. The first-order valence-electron chi connectivity index (χ1n) is 6.89. The Morgan fingerprint density at radius 2 is 1.86 bits per heavy atom. The van der Waals surface area contributed by atoms with Crippen molar-refractivity contribution in [3.05, 3.63) is 35.9 Å². The number of carbonyl (C=O) groups is 1. The zero-order valence-corrected chi connectivity index (χ0v) is 12.2. The molecule has 3 nitrogen and oxygen atoms in total. The molecule has 0 aliphatic carbocycles. The topological polar surface area (TPSA) is 46.3 Å². The average Bonchev–Trinajstić information content (AvgIpc) is 2.43. The molecule has 21 heavy (non-hydrogen) atoms. The van der Waals surface area contributed by atoms with Crippen LogP contribution >= 0.6 is 0 Å². The zero-order valence-electron chi connectivity index (χ0n) is 12.2. The highest BCUT2D eigenvalue weighted by atomic mass is 19.4. The molecule has 1 amide bonds. The molecule has 0 fully saturated rings. The van der Waals surface area contributed by atoms with E-state index in [1.165, 1.54) is 0 Å². The summed E-state index contributed by atoms with van der Waals surface area (Å²) >= 11 is 0. The third-order valence-corrected chi connectivity index (χ3v) is 3.44. The summed E-state index contributed by atoms with van der Waals surface area (Å²) in [5.74, 6) is -0.825. The van der Waals surface area contributed by atoms with Crippen molar-refractivity contribution >= 4 is 5.91 Å². The Morgan fingerprint density at radius 1 is 1.29 bits per heavy atom. The molecule has 0 aromatic heterocycles. The summed E-state index contributed by atoms with van der Waals surface area (Å²) in [6, 6.07) is 7.67. The first kappa shape index (κ1) is 17.5. The molecule has 118 valence electrons. The fourth-order valence-electron chi connectivity index (χ4n) is 1.94. The summed E-state index contributed by atoms with van der Waals surface area (Å²) in [6.45, 7) is 2.23. The molecule has 0 spiro atoms. The quantitative estimate of drug-likeness (QED) is 0.878. The van der Waals surface area contributed by atoms with Gasteiger partial charge in [0.15, 0.2) is 0 Å². The maximum Gasteiger partial charge on any atom is 0.406 e. The number of halogens is 3. The molecule has 0 aliphatic rings. The first-order valence-corrected chi connectivity index (χ1v) is 6.89. The first-order chi connectivity index (χ1) is 9.74. The minimum Gasteiger partial charge on any atom is -0.328 e. The van der Waals surface area contributed by atoms with Crippen LogP contribution in [0, 0.1) is 5.92 Å². The lowest BCUT2D eigenvalue weighted by atomic mass is 9.98. The van der Waals surface area contributed by atoms with Crippen LogP contribution in [0.1, 0.15) is 25.8 Å². The molecule has 0 unspecified atom stereocenters. The molecule has 0 saturated heterocycles. The Morgan fingerprint density at radius 3 is 2.33 bits per heavy atom. The summed E-state index contributed by atoms with van der Waals surface area (Å²) in [5.41, 5.74) is 6.43. The molecule has 0 saturated carbocycles. The van der Waals surface area contributed by atoms with Crippen LogP contribution in [0.25, 0.3) is 0 Å². The van der Waals surface area contributed by atoms with Crippen LogP contribution in [0.4, 0.5) is 13.2 Å². The molecule has 2 atom stereocenters. The predicted octanol–water partition coefficient (Wildman–Crippen LogP) is 2.95. The molecule has 2 N–H and O–H groups in total. The molecule has 0 radical (unpaired) electrons. The number of hydrogen-bond donors (Lipinski definition) is 1. The van der Waals surface area contributed by atoms with Gasteiger partial charge >= 0.3 is 6.18 Å². The van der Waals surface area contributed by atoms with Gasteiger partial charge in [0.05, 0.1) is 6.04 Å². The fourth-order valence-corrected chi connectivity index (χ4v) is 1.94. The average molecular weight is 302 g/mol. The van der Waals surface area contributed by atoms with Crippen molar-refractivity contribution in [2.24, 2.45) is 11.7 Å². The van der Waals surface area contributed by atoms with Crippen molar-refractivity contribution < 1.29 is 18.0 Å². The van der Waals surface area contributed by atoms with Gasteiger partial charge in [0.25, 0.3) is 0 Å². The SMILES string of the molecule is CC[C@H](C)[C@H](N)C(=O)N(Cc1ccccc1)CC(F)(F)F. The minimum atomic E-state index is -4.44. The number of nitrogens with zero attached hydrogens (tertiary/aromatic N) is 1. The number of hydrogen-bond acceptors (Lipinski definition) is 2. The van der Waals surface area contributed by atoms with E-state index >= 15 is 0 Å². The molecule has 0 aliphatic heterocycles. The third kappa shape index (κ3) is 5.75. The van der Waals surface area contributed by atoms with Gasteiger partial charge in [-0.25, -0.2) is 0 Å². The monoisotopic (exact) mass is 302 g/mol. The maximum atomic E-state index is 12.7. The van der Waals surface area contributed by atoms with E-state index in [-0.39, 0.29) is 12.5 Å². The van der Waals surface area contributed by atoms with E-state index in [1.807, 2.05) is 6.92 Å². The van der Waals surface area contributed by atoms with Crippen LogP contribution in [-0.4, -0.2) is 29.6 Å². The summed E-state index contributed by atoms with van der Waals surface area (Å²) in [4.78, 5) is 13.0. The molecule has 1 aromatic rings. The summed E-state index contributed by atoms with van der Waals surface area (Å²) < 4.78 is 38.0. The molecule has 1 rings (SSSR count). The number of amides is 1. The van der Waals surface area contributed by atoms with Crippen LogP contribution in [0.2, 0.25) is 0 Å². The molecule has 0 heterocycles. The minimum absolute atomic E-state index is 0.0939. The second-order valence-electron chi connectivity index (χ2n) is 5.21. The van der Waals surface area contributed by atoms with Crippen LogP contribution < -0.4 is 5.73 Å². The zero-order chi connectivity index (χ0) is 16.0. The highest BCUT2D eigenvalue weighted by Gasteiger charge is 2.35. The predicted molar refractivity (Wildman–Crippen MR) is 75.3 cm³/mol. The summed E-state index contributed by atoms with van der Waals surface area (Å²) in [5, 5.41) is 0. The van der Waals surface area contributed by atoms with Gasteiger partial charge in [-0.2, -0.15) is 13.2 Å². The molecular weight excluding hydrogens is 281 g/mol. The van der Waals surface area contributed by atoms with Crippen molar-refractivity contribution in [3.63, 3.8) is 0 Å². The Hall–Kier alpha value is -1.56. The standard InChI is InChI=1S/C15H21F3N2O/c1-3-11(2)13(19)14(21)20(10-15(16,17)18)9-12-7-5-4-6-8-12/h4-8,11,13H,3,9-10,19H2,1-2H3/t11-,13-/m0/s1. The summed E-state index contributed by atoms with van der Waals surface area (Å²) in [6.07, 6.45) is -3.81. The third-order valence-electron chi connectivity index (χ3n) is 3.44. The van der Waals surface area contributed by atoms with E-state index in [4.69, 9.17) is 5.73 Å². The van der Waals surface area contributed by atoms with E-state index in [2.05, 4.69) is 0 Å². The van der Waals surface area contributed by atoms with Crippen molar-refractivity contribution in [3.8, 4) is 0 Å². The lowest BCUT2D eigenvalue weighted by Crippen LogP contribution is -2.49. The molecular formula is C15H21F3N2O.